The molecule has 0 spiro atoms. The first kappa shape index (κ1) is 15.5. The molecule has 1 aromatic carbocycles. The van der Waals surface area contributed by atoms with Crippen molar-refractivity contribution >= 4 is 22.3 Å². The predicted molar refractivity (Wildman–Crippen MR) is 93.9 cm³/mol. The van der Waals surface area contributed by atoms with Crippen LogP contribution in [-0.2, 0) is 9.47 Å². The molecule has 4 rings (SSSR count). The van der Waals surface area contributed by atoms with Gasteiger partial charge in [0.05, 0.1) is 23.4 Å². The Kier molecular flexibility index (Phi) is 4.16. The Morgan fingerprint density at radius 2 is 2.00 bits per heavy atom. The molecule has 128 valence electrons. The summed E-state index contributed by atoms with van der Waals surface area (Å²) in [7, 11) is 0. The fourth-order valence-corrected chi connectivity index (χ4v) is 3.66. The van der Waals surface area contributed by atoms with E-state index >= 15 is 0 Å². The molecule has 24 heavy (non-hydrogen) atoms. The summed E-state index contributed by atoms with van der Waals surface area (Å²) < 4.78 is 13.1. The molecule has 0 unspecified atom stereocenters. The van der Waals surface area contributed by atoms with Crippen molar-refractivity contribution in [1.82, 2.24) is 4.57 Å². The largest absolute Gasteiger partial charge is 0.494 e. The number of rotatable bonds is 2. The normalized spacial score (nSPS) is 20.1. The maximum atomic E-state index is 11.0. The number of nitrogens with zero attached hydrogens (tertiary/aromatic N) is 2. The SMILES string of the molecule is Nc1ccc2c(c1)c(C1=NCCCOC1)c(O)n2C1CCOCC1. The topological polar surface area (TPSA) is 82.0 Å². The molecule has 0 aliphatic carbocycles. The monoisotopic (exact) mass is 329 g/mol. The fourth-order valence-electron chi connectivity index (χ4n) is 3.66. The van der Waals surface area contributed by atoms with E-state index in [0.717, 1.165) is 61.2 Å². The molecule has 1 saturated heterocycles. The van der Waals surface area contributed by atoms with Crippen LogP contribution in [0.4, 0.5) is 5.69 Å². The summed E-state index contributed by atoms with van der Waals surface area (Å²) in [6.07, 6.45) is 2.69. The highest BCUT2D eigenvalue weighted by Crippen LogP contribution is 2.38. The number of hydrogen-bond acceptors (Lipinski definition) is 5. The summed E-state index contributed by atoms with van der Waals surface area (Å²) in [5, 5.41) is 12.0. The van der Waals surface area contributed by atoms with Crippen molar-refractivity contribution in [1.29, 1.82) is 0 Å². The minimum atomic E-state index is 0.228. The van der Waals surface area contributed by atoms with Gasteiger partial charge in [-0.2, -0.15) is 0 Å². The molecule has 0 bridgehead atoms. The highest BCUT2D eigenvalue weighted by Gasteiger charge is 2.27. The first-order valence-corrected chi connectivity index (χ1v) is 8.57. The second kappa shape index (κ2) is 6.45. The number of hydrogen-bond donors (Lipinski definition) is 2. The number of nitrogens with two attached hydrogens (primary N) is 1. The van der Waals surface area contributed by atoms with Gasteiger partial charge in [0.1, 0.15) is 0 Å². The van der Waals surface area contributed by atoms with E-state index in [2.05, 4.69) is 4.99 Å². The van der Waals surface area contributed by atoms with Crippen LogP contribution in [0.5, 0.6) is 5.88 Å². The Hall–Kier alpha value is -2.05. The van der Waals surface area contributed by atoms with E-state index in [4.69, 9.17) is 15.2 Å². The molecule has 2 aromatic rings. The van der Waals surface area contributed by atoms with E-state index in [0.29, 0.717) is 18.9 Å². The van der Waals surface area contributed by atoms with Crippen LogP contribution in [0.3, 0.4) is 0 Å². The molecular formula is C18H23N3O3. The Labute approximate surface area is 140 Å². The van der Waals surface area contributed by atoms with E-state index in [1.165, 1.54) is 0 Å². The lowest BCUT2D eigenvalue weighted by atomic mass is 10.1. The minimum Gasteiger partial charge on any atom is -0.494 e. The van der Waals surface area contributed by atoms with Crippen molar-refractivity contribution in [2.24, 2.45) is 4.99 Å². The summed E-state index contributed by atoms with van der Waals surface area (Å²) in [5.41, 5.74) is 9.27. The number of nitrogen functional groups attached to an aromatic ring is 1. The summed E-state index contributed by atoms with van der Waals surface area (Å²) >= 11 is 0. The van der Waals surface area contributed by atoms with Crippen LogP contribution in [-0.4, -0.2) is 48.4 Å². The third-order valence-electron chi connectivity index (χ3n) is 4.83. The second-order valence-electron chi connectivity index (χ2n) is 6.42. The van der Waals surface area contributed by atoms with Crippen LogP contribution >= 0.6 is 0 Å². The van der Waals surface area contributed by atoms with Gasteiger partial charge in [-0.05, 0) is 37.5 Å². The van der Waals surface area contributed by atoms with Gasteiger partial charge in [0.2, 0.25) is 5.88 Å². The maximum absolute atomic E-state index is 11.0. The lowest BCUT2D eigenvalue weighted by Crippen LogP contribution is -2.19. The van der Waals surface area contributed by atoms with E-state index in [-0.39, 0.29) is 11.9 Å². The van der Waals surface area contributed by atoms with E-state index < -0.39 is 0 Å². The molecule has 1 aromatic heterocycles. The molecule has 2 aliphatic rings. The maximum Gasteiger partial charge on any atom is 0.201 e. The van der Waals surface area contributed by atoms with Crippen molar-refractivity contribution in [2.45, 2.75) is 25.3 Å². The Balaban J connectivity index is 1.90. The first-order chi connectivity index (χ1) is 11.8. The first-order valence-electron chi connectivity index (χ1n) is 8.57. The van der Waals surface area contributed by atoms with E-state index in [1.807, 2.05) is 22.8 Å². The molecule has 3 heterocycles. The van der Waals surface area contributed by atoms with Crippen LogP contribution in [0.25, 0.3) is 10.9 Å². The van der Waals surface area contributed by atoms with Gasteiger partial charge in [-0.3, -0.25) is 4.99 Å². The van der Waals surface area contributed by atoms with Gasteiger partial charge in [0.25, 0.3) is 0 Å². The van der Waals surface area contributed by atoms with E-state index in [9.17, 15) is 5.11 Å². The Morgan fingerprint density at radius 1 is 1.17 bits per heavy atom. The van der Waals surface area contributed by atoms with Crippen molar-refractivity contribution in [3.8, 4) is 5.88 Å². The van der Waals surface area contributed by atoms with Gasteiger partial charge in [-0.1, -0.05) is 0 Å². The molecule has 2 aliphatic heterocycles. The van der Waals surface area contributed by atoms with Crippen molar-refractivity contribution in [3.63, 3.8) is 0 Å². The van der Waals surface area contributed by atoms with Crippen LogP contribution in [0.1, 0.15) is 30.9 Å². The van der Waals surface area contributed by atoms with E-state index in [1.54, 1.807) is 0 Å². The highest BCUT2D eigenvalue weighted by molar-refractivity contribution is 6.14. The molecule has 3 N–H and O–H groups in total. The Bertz CT molecular complexity index is 775. The molecule has 0 saturated carbocycles. The lowest BCUT2D eigenvalue weighted by Gasteiger charge is -2.25. The van der Waals surface area contributed by atoms with Crippen molar-refractivity contribution in [3.05, 3.63) is 23.8 Å². The zero-order valence-electron chi connectivity index (χ0n) is 13.7. The van der Waals surface area contributed by atoms with Crippen LogP contribution in [0, 0.1) is 0 Å². The molecule has 1 fully saturated rings. The number of aromatic hydroxyl groups is 1. The van der Waals surface area contributed by atoms with Crippen molar-refractivity contribution in [2.75, 3.05) is 38.7 Å². The van der Waals surface area contributed by atoms with Gasteiger partial charge in [-0.15, -0.1) is 0 Å². The average molecular weight is 329 g/mol. The molecule has 0 atom stereocenters. The molecule has 6 heteroatoms. The molecule has 6 nitrogen and oxygen atoms in total. The third kappa shape index (κ3) is 2.65. The molecular weight excluding hydrogens is 306 g/mol. The quantitative estimate of drug-likeness (QED) is 0.829. The number of benzene rings is 1. The average Bonchev–Trinajstić information content (AvgIpc) is 2.76. The lowest BCUT2D eigenvalue weighted by molar-refractivity contribution is 0.0688. The van der Waals surface area contributed by atoms with Crippen LogP contribution < -0.4 is 5.73 Å². The minimum absolute atomic E-state index is 0.228. The standard InChI is InChI=1S/C18H23N3O3/c19-12-2-3-16-14(10-12)17(15-11-24-7-1-6-20-15)18(22)21(16)13-4-8-23-9-5-13/h2-3,10,13,22H,1,4-9,11,19H2. The Morgan fingerprint density at radius 3 is 2.83 bits per heavy atom. The van der Waals surface area contributed by atoms with Gasteiger partial charge in [-0.25, -0.2) is 0 Å². The fraction of sp³-hybridized carbons (Fsp3) is 0.500. The summed E-state index contributed by atoms with van der Waals surface area (Å²) in [5.74, 6) is 0.270. The van der Waals surface area contributed by atoms with Crippen LogP contribution in [0.15, 0.2) is 23.2 Å². The molecule has 0 radical (unpaired) electrons. The highest BCUT2D eigenvalue weighted by atomic mass is 16.5. The third-order valence-corrected chi connectivity index (χ3v) is 4.83. The van der Waals surface area contributed by atoms with Gasteiger partial charge in [0, 0.05) is 43.5 Å². The second-order valence-corrected chi connectivity index (χ2v) is 6.42. The smallest absolute Gasteiger partial charge is 0.201 e. The summed E-state index contributed by atoms with van der Waals surface area (Å²) in [6, 6.07) is 6.02. The van der Waals surface area contributed by atoms with Gasteiger partial charge >= 0.3 is 0 Å². The number of fused-ring (bicyclic) bond motifs is 1. The van der Waals surface area contributed by atoms with Gasteiger partial charge < -0.3 is 24.9 Å². The zero-order valence-corrected chi connectivity index (χ0v) is 13.7. The van der Waals surface area contributed by atoms with Crippen molar-refractivity contribution < 1.29 is 14.6 Å². The number of ether oxygens (including phenoxy) is 2. The van der Waals surface area contributed by atoms with Crippen LogP contribution in [0.2, 0.25) is 0 Å². The molecule has 0 amide bonds. The number of aromatic nitrogens is 1. The number of aliphatic imine (C=N–C) groups is 1. The summed E-state index contributed by atoms with van der Waals surface area (Å²) in [4.78, 5) is 4.65. The van der Waals surface area contributed by atoms with Gasteiger partial charge in [0.15, 0.2) is 0 Å². The predicted octanol–water partition coefficient (Wildman–Crippen LogP) is 2.49. The summed E-state index contributed by atoms with van der Waals surface area (Å²) in [6.45, 7) is 3.29. The number of anilines is 1. The zero-order chi connectivity index (χ0) is 16.5.